The molecule has 13 heteroatoms. The van der Waals surface area contributed by atoms with Crippen LogP contribution in [0.2, 0.25) is 0 Å². The van der Waals surface area contributed by atoms with Crippen LogP contribution in [0.4, 0.5) is 0 Å². The van der Waals surface area contributed by atoms with Gasteiger partial charge in [0.2, 0.25) is 0 Å². The molecule has 0 amide bonds. The van der Waals surface area contributed by atoms with Crippen LogP contribution < -0.4 is 0 Å². The molecule has 2 heterocycles. The summed E-state index contributed by atoms with van der Waals surface area (Å²) in [7, 11) is 2.93. The van der Waals surface area contributed by atoms with E-state index in [0.717, 1.165) is 25.7 Å². The zero-order valence-electron chi connectivity index (χ0n) is 32.3. The molecule has 20 atom stereocenters. The van der Waals surface area contributed by atoms with E-state index in [0.29, 0.717) is 25.7 Å². The molecule has 52 heavy (non-hydrogen) atoms. The van der Waals surface area contributed by atoms with Crippen molar-refractivity contribution < 1.29 is 64.2 Å². The zero-order valence-corrected chi connectivity index (χ0v) is 32.3. The lowest BCUT2D eigenvalue weighted by Gasteiger charge is -2.66. The van der Waals surface area contributed by atoms with E-state index in [2.05, 4.69) is 34.6 Å². The lowest BCUT2D eigenvalue weighted by Crippen LogP contribution is -2.68. The summed E-state index contributed by atoms with van der Waals surface area (Å²) < 4.78 is 35.6. The van der Waals surface area contributed by atoms with Crippen molar-refractivity contribution in [1.29, 1.82) is 0 Å². The first-order chi connectivity index (χ1) is 24.5. The monoisotopic (exact) mass is 744 g/mol. The van der Waals surface area contributed by atoms with Crippen molar-refractivity contribution in [2.75, 3.05) is 27.4 Å². The third-order valence-electron chi connectivity index (χ3n) is 15.1. The minimum Gasteiger partial charge on any atom is -0.394 e. The van der Waals surface area contributed by atoms with Crippen LogP contribution in [-0.4, -0.2) is 142 Å². The Balaban J connectivity index is 1.13. The fraction of sp³-hybridized carbons (Fsp3) is 1.00. The molecule has 0 aromatic rings. The molecular weight excluding hydrogens is 676 g/mol. The predicted molar refractivity (Wildman–Crippen MR) is 188 cm³/mol. The Morgan fingerprint density at radius 1 is 0.808 bits per heavy atom. The van der Waals surface area contributed by atoms with Gasteiger partial charge in [0.1, 0.15) is 36.6 Å². The van der Waals surface area contributed by atoms with Crippen LogP contribution in [0.3, 0.4) is 0 Å². The largest absolute Gasteiger partial charge is 0.394 e. The minimum atomic E-state index is -1.21. The lowest BCUT2D eigenvalue weighted by molar-refractivity contribution is -0.313. The quantitative estimate of drug-likeness (QED) is 0.153. The molecule has 7 N–H and O–H groups in total. The molecule has 2 aliphatic heterocycles. The third-order valence-corrected chi connectivity index (χ3v) is 15.1. The van der Waals surface area contributed by atoms with Crippen molar-refractivity contribution in [1.82, 2.24) is 0 Å². The highest BCUT2D eigenvalue weighted by Gasteiger charge is 2.70. The Kier molecular flexibility index (Phi) is 12.5. The van der Waals surface area contributed by atoms with Crippen molar-refractivity contribution in [2.45, 2.75) is 172 Å². The van der Waals surface area contributed by atoms with E-state index in [4.69, 9.17) is 28.4 Å². The average molecular weight is 745 g/mol. The highest BCUT2D eigenvalue weighted by atomic mass is 16.8. The van der Waals surface area contributed by atoms with Crippen LogP contribution in [0, 0.1) is 46.3 Å². The van der Waals surface area contributed by atoms with E-state index in [1.54, 1.807) is 0 Å². The van der Waals surface area contributed by atoms with E-state index < -0.39 is 79.7 Å². The Morgan fingerprint density at radius 2 is 1.50 bits per heavy atom. The van der Waals surface area contributed by atoms with Gasteiger partial charge < -0.3 is 64.2 Å². The molecule has 13 nitrogen and oxygen atoms in total. The summed E-state index contributed by atoms with van der Waals surface area (Å²) in [6.07, 6.45) is -3.63. The van der Waals surface area contributed by atoms with Gasteiger partial charge in [-0.15, -0.1) is 0 Å². The molecule has 2 saturated heterocycles. The topological polar surface area (TPSA) is 197 Å². The molecule has 302 valence electrons. The number of aliphatic hydroxyl groups is 7. The van der Waals surface area contributed by atoms with Gasteiger partial charge >= 0.3 is 0 Å². The summed E-state index contributed by atoms with van der Waals surface area (Å²) in [5, 5.41) is 77.8. The standard InChI is InChI=1S/C39H68O13/c1-19(2)27(50-36-32(30(45)28(17-40)51-36)52-35-33(48-7)31(47-6)26(44)18-49-35)9-8-20(3)22-15-24(42)34-38(22,5)13-11-29-37(4)12-10-21(41)14-23(37)25(43)16-39(29,34)46/h19-36,40-46H,8-18H2,1-7H3/t20-,21+,22-,23?,24-,25+,26-,27+,28-,29?,30-,31+,32+,33-,34?,35+,36+,37+,38-,39+/m1/s1. The summed E-state index contributed by atoms with van der Waals surface area (Å²) in [5.74, 6) is -0.0157. The second-order valence-electron chi connectivity index (χ2n) is 18.2. The van der Waals surface area contributed by atoms with Gasteiger partial charge in [-0.2, -0.15) is 0 Å². The Hall–Kier alpha value is -0.520. The summed E-state index contributed by atoms with van der Waals surface area (Å²) in [4.78, 5) is 0. The Morgan fingerprint density at radius 3 is 2.15 bits per heavy atom. The SMILES string of the molecule is CO[C@@H]1[C@@H](OC)[C@H](O[C@@H]2[C@@H](O[C@@H](CC[C@@H](C)[C@H]3C[C@@H](O)C4[C@]5(O)C[C@H](O)C6C[C@@H](O)CC[C@]6(C)C5CC[C@@]43C)C(C)C)O[C@H](CO)[C@H]2O)OC[C@H]1O. The Labute approximate surface area is 309 Å². The molecule has 6 rings (SSSR count). The molecule has 0 bridgehead atoms. The summed E-state index contributed by atoms with van der Waals surface area (Å²) in [6, 6.07) is 0. The molecule has 3 unspecified atom stereocenters. The normalized spacial score (nSPS) is 51.9. The molecule has 6 aliphatic rings. The smallest absolute Gasteiger partial charge is 0.187 e. The molecular formula is C39H68O13. The average Bonchev–Trinajstić information content (AvgIpc) is 3.55. The highest BCUT2D eigenvalue weighted by molar-refractivity contribution is 5.20. The molecule has 6 fully saturated rings. The molecule has 0 aromatic heterocycles. The van der Waals surface area contributed by atoms with Crippen molar-refractivity contribution in [2.24, 2.45) is 46.3 Å². The van der Waals surface area contributed by atoms with E-state index in [1.807, 2.05) is 0 Å². The maximum Gasteiger partial charge on any atom is 0.187 e. The van der Waals surface area contributed by atoms with Crippen LogP contribution in [0.5, 0.6) is 0 Å². The molecule has 0 aromatic carbocycles. The number of rotatable bonds is 12. The summed E-state index contributed by atoms with van der Waals surface area (Å²) in [6.45, 7) is 10.3. The third kappa shape index (κ3) is 7.05. The summed E-state index contributed by atoms with van der Waals surface area (Å²) in [5.41, 5.74) is -1.78. The van der Waals surface area contributed by atoms with Gasteiger partial charge in [0, 0.05) is 26.6 Å². The van der Waals surface area contributed by atoms with Crippen molar-refractivity contribution in [3.8, 4) is 0 Å². The minimum absolute atomic E-state index is 0.0373. The van der Waals surface area contributed by atoms with Gasteiger partial charge in [-0.05, 0) is 91.8 Å². The number of hydrogen-bond acceptors (Lipinski definition) is 13. The van der Waals surface area contributed by atoms with E-state index in [-0.39, 0.29) is 65.5 Å². The van der Waals surface area contributed by atoms with Crippen molar-refractivity contribution in [3.05, 3.63) is 0 Å². The van der Waals surface area contributed by atoms with Gasteiger partial charge in [0.05, 0.1) is 43.2 Å². The summed E-state index contributed by atoms with van der Waals surface area (Å²) >= 11 is 0. The first-order valence-electron chi connectivity index (χ1n) is 19.9. The van der Waals surface area contributed by atoms with Crippen LogP contribution >= 0.6 is 0 Å². The van der Waals surface area contributed by atoms with Gasteiger partial charge in [0.25, 0.3) is 0 Å². The maximum absolute atomic E-state index is 12.7. The van der Waals surface area contributed by atoms with Gasteiger partial charge in [-0.3, -0.25) is 0 Å². The number of hydrogen-bond donors (Lipinski definition) is 7. The van der Waals surface area contributed by atoms with Gasteiger partial charge in [-0.1, -0.05) is 34.6 Å². The number of fused-ring (bicyclic) bond motifs is 5. The number of methoxy groups -OCH3 is 2. The lowest BCUT2D eigenvalue weighted by atomic mass is 9.42. The van der Waals surface area contributed by atoms with Crippen molar-refractivity contribution >= 4 is 0 Å². The molecule has 4 aliphatic carbocycles. The Bertz CT molecular complexity index is 1190. The number of aliphatic hydroxyl groups excluding tert-OH is 6. The predicted octanol–water partition coefficient (Wildman–Crippen LogP) is 1.73. The molecule has 4 saturated carbocycles. The fourth-order valence-electron chi connectivity index (χ4n) is 12.4. The second kappa shape index (κ2) is 15.8. The zero-order chi connectivity index (χ0) is 37.9. The van der Waals surface area contributed by atoms with E-state index in [1.165, 1.54) is 14.2 Å². The van der Waals surface area contributed by atoms with Gasteiger partial charge in [0.15, 0.2) is 12.6 Å². The van der Waals surface area contributed by atoms with E-state index in [9.17, 15) is 35.7 Å². The van der Waals surface area contributed by atoms with Crippen LogP contribution in [0.1, 0.15) is 92.4 Å². The first-order valence-corrected chi connectivity index (χ1v) is 19.9. The highest BCUT2D eigenvalue weighted by Crippen LogP contribution is 2.69. The fourth-order valence-corrected chi connectivity index (χ4v) is 12.4. The molecule has 0 radical (unpaired) electrons. The molecule has 0 spiro atoms. The first kappa shape index (κ1) is 41.1. The maximum atomic E-state index is 12.7. The van der Waals surface area contributed by atoms with Crippen molar-refractivity contribution in [3.63, 3.8) is 0 Å². The van der Waals surface area contributed by atoms with E-state index >= 15 is 0 Å². The van der Waals surface area contributed by atoms with Crippen LogP contribution in [-0.2, 0) is 28.4 Å². The van der Waals surface area contributed by atoms with Crippen LogP contribution in [0.15, 0.2) is 0 Å². The second-order valence-corrected chi connectivity index (χ2v) is 18.2. The van der Waals surface area contributed by atoms with Gasteiger partial charge in [-0.25, -0.2) is 0 Å². The van der Waals surface area contributed by atoms with Crippen LogP contribution in [0.25, 0.3) is 0 Å². The number of ether oxygens (including phenoxy) is 6.